The van der Waals surface area contributed by atoms with Crippen LogP contribution in [0.15, 0.2) is 0 Å². The third-order valence-electron chi connectivity index (χ3n) is 3.40. The normalized spacial score (nSPS) is 17.9. The first-order chi connectivity index (χ1) is 8.10. The highest BCUT2D eigenvalue weighted by Crippen LogP contribution is 2.39. The number of ether oxygens (including phenoxy) is 1. The van der Waals surface area contributed by atoms with Gasteiger partial charge in [-0.3, -0.25) is 4.79 Å². The quantitative estimate of drug-likeness (QED) is 0.580. The van der Waals surface area contributed by atoms with Crippen LogP contribution in [-0.4, -0.2) is 57.8 Å². The Balaban J connectivity index is 2.04. The molecule has 5 heteroatoms. The average Bonchev–Trinajstić information content (AvgIpc) is 2.22. The number of carbonyl (C=O) groups is 1. The van der Waals surface area contributed by atoms with E-state index in [1.54, 1.807) is 0 Å². The van der Waals surface area contributed by atoms with E-state index < -0.39 is 0 Å². The molecule has 1 rings (SSSR count). The summed E-state index contributed by atoms with van der Waals surface area (Å²) in [6, 6.07) is 0. The van der Waals surface area contributed by atoms with Gasteiger partial charge >= 0.3 is 0 Å². The monoisotopic (exact) mass is 243 g/mol. The van der Waals surface area contributed by atoms with E-state index in [9.17, 15) is 4.79 Å². The summed E-state index contributed by atoms with van der Waals surface area (Å²) in [5.74, 6) is 0.0995. The lowest BCUT2D eigenvalue weighted by Crippen LogP contribution is -2.50. The number of nitrogens with one attached hydrogen (secondary N) is 1. The van der Waals surface area contributed by atoms with Gasteiger partial charge < -0.3 is 20.7 Å². The van der Waals surface area contributed by atoms with E-state index in [0.717, 1.165) is 25.8 Å². The topological polar surface area (TPSA) is 67.6 Å². The van der Waals surface area contributed by atoms with E-state index in [2.05, 4.69) is 10.2 Å². The number of hydrogen-bond donors (Lipinski definition) is 2. The molecule has 1 aliphatic rings. The first-order valence-corrected chi connectivity index (χ1v) is 6.31. The summed E-state index contributed by atoms with van der Waals surface area (Å²) < 4.78 is 5.41. The molecule has 0 aromatic heterocycles. The van der Waals surface area contributed by atoms with Crippen LogP contribution in [0.25, 0.3) is 0 Å². The van der Waals surface area contributed by atoms with Gasteiger partial charge in [-0.15, -0.1) is 0 Å². The van der Waals surface area contributed by atoms with Gasteiger partial charge in [0.25, 0.3) is 0 Å². The largest absolute Gasteiger partial charge is 0.378 e. The molecular weight excluding hydrogens is 218 g/mol. The maximum absolute atomic E-state index is 11.9. The molecule has 100 valence electrons. The molecule has 1 aliphatic carbocycles. The van der Waals surface area contributed by atoms with E-state index >= 15 is 0 Å². The van der Waals surface area contributed by atoms with Crippen LogP contribution in [0.3, 0.4) is 0 Å². The summed E-state index contributed by atoms with van der Waals surface area (Å²) in [4.78, 5) is 13.9. The minimum absolute atomic E-state index is 0.0995. The maximum Gasteiger partial charge on any atom is 0.227 e. The van der Waals surface area contributed by atoms with Crippen molar-refractivity contribution >= 4 is 5.91 Å². The van der Waals surface area contributed by atoms with Gasteiger partial charge in [0.1, 0.15) is 0 Å². The Morgan fingerprint density at radius 1 is 1.41 bits per heavy atom. The smallest absolute Gasteiger partial charge is 0.227 e. The lowest BCUT2D eigenvalue weighted by Gasteiger charge is -2.39. The molecule has 0 bridgehead atoms. The highest BCUT2D eigenvalue weighted by atomic mass is 16.5. The minimum atomic E-state index is -0.274. The molecule has 0 aromatic rings. The van der Waals surface area contributed by atoms with Crippen molar-refractivity contribution in [2.75, 3.05) is 46.9 Å². The van der Waals surface area contributed by atoms with Crippen LogP contribution in [0.4, 0.5) is 0 Å². The molecule has 1 saturated carbocycles. The molecule has 0 aromatic carbocycles. The van der Waals surface area contributed by atoms with Crippen molar-refractivity contribution in [2.24, 2.45) is 11.1 Å². The Morgan fingerprint density at radius 2 is 2.12 bits per heavy atom. The van der Waals surface area contributed by atoms with Gasteiger partial charge in [0.15, 0.2) is 0 Å². The predicted molar refractivity (Wildman–Crippen MR) is 67.7 cm³/mol. The number of rotatable bonds is 8. The standard InChI is InChI=1S/C12H25N3O2/c1-15(2)7-9-17-8-6-14-11(16)12(10-13)4-3-5-12/h3-10,13H2,1-2H3,(H,14,16). The number of nitrogens with zero attached hydrogens (tertiary/aromatic N) is 1. The zero-order valence-corrected chi connectivity index (χ0v) is 11.0. The van der Waals surface area contributed by atoms with Crippen LogP contribution in [0, 0.1) is 5.41 Å². The molecule has 17 heavy (non-hydrogen) atoms. The second-order valence-corrected chi connectivity index (χ2v) is 5.01. The Kier molecular flexibility index (Phi) is 5.88. The lowest BCUT2D eigenvalue weighted by molar-refractivity contribution is -0.135. The van der Waals surface area contributed by atoms with E-state index in [-0.39, 0.29) is 11.3 Å². The van der Waals surface area contributed by atoms with Crippen molar-refractivity contribution in [1.82, 2.24) is 10.2 Å². The average molecular weight is 243 g/mol. The predicted octanol–water partition coefficient (Wildman–Crippen LogP) is -0.190. The van der Waals surface area contributed by atoms with Crippen LogP contribution in [0.1, 0.15) is 19.3 Å². The van der Waals surface area contributed by atoms with E-state index in [1.807, 2.05) is 14.1 Å². The third kappa shape index (κ3) is 4.26. The Hall–Kier alpha value is -0.650. The fourth-order valence-corrected chi connectivity index (χ4v) is 1.90. The molecule has 0 saturated heterocycles. The van der Waals surface area contributed by atoms with Gasteiger partial charge in [-0.25, -0.2) is 0 Å². The van der Waals surface area contributed by atoms with Crippen molar-refractivity contribution in [3.05, 3.63) is 0 Å². The van der Waals surface area contributed by atoms with Crippen LogP contribution in [0.2, 0.25) is 0 Å². The second-order valence-electron chi connectivity index (χ2n) is 5.01. The minimum Gasteiger partial charge on any atom is -0.378 e. The summed E-state index contributed by atoms with van der Waals surface area (Å²) in [7, 11) is 4.01. The van der Waals surface area contributed by atoms with Gasteiger partial charge in [-0.1, -0.05) is 6.42 Å². The van der Waals surface area contributed by atoms with Gasteiger partial charge in [0.2, 0.25) is 5.91 Å². The van der Waals surface area contributed by atoms with Gasteiger partial charge in [0.05, 0.1) is 18.6 Å². The number of likely N-dealkylation sites (N-methyl/N-ethyl adjacent to an activating group) is 1. The molecule has 5 nitrogen and oxygen atoms in total. The van der Waals surface area contributed by atoms with E-state index in [4.69, 9.17) is 10.5 Å². The third-order valence-corrected chi connectivity index (χ3v) is 3.40. The van der Waals surface area contributed by atoms with Crippen molar-refractivity contribution in [3.63, 3.8) is 0 Å². The summed E-state index contributed by atoms with van der Waals surface area (Å²) in [6.07, 6.45) is 2.97. The van der Waals surface area contributed by atoms with Crippen molar-refractivity contribution in [2.45, 2.75) is 19.3 Å². The summed E-state index contributed by atoms with van der Waals surface area (Å²) in [5, 5.41) is 2.91. The fourth-order valence-electron chi connectivity index (χ4n) is 1.90. The van der Waals surface area contributed by atoms with Crippen molar-refractivity contribution in [1.29, 1.82) is 0 Å². The molecule has 0 spiro atoms. The molecule has 0 radical (unpaired) electrons. The number of hydrogen-bond acceptors (Lipinski definition) is 4. The number of nitrogens with two attached hydrogens (primary N) is 1. The van der Waals surface area contributed by atoms with Gasteiger partial charge in [-0.05, 0) is 26.9 Å². The Bertz CT molecular complexity index is 234. The van der Waals surface area contributed by atoms with Crippen molar-refractivity contribution < 1.29 is 9.53 Å². The van der Waals surface area contributed by atoms with E-state index in [0.29, 0.717) is 26.3 Å². The molecule has 0 heterocycles. The first-order valence-electron chi connectivity index (χ1n) is 6.31. The molecule has 1 fully saturated rings. The van der Waals surface area contributed by atoms with Crippen LogP contribution >= 0.6 is 0 Å². The Labute approximate surface area is 104 Å². The van der Waals surface area contributed by atoms with Crippen LogP contribution < -0.4 is 11.1 Å². The zero-order chi connectivity index (χ0) is 12.7. The SMILES string of the molecule is CN(C)CCOCCNC(=O)C1(CN)CCC1. The highest BCUT2D eigenvalue weighted by molar-refractivity contribution is 5.83. The second kappa shape index (κ2) is 6.93. The maximum atomic E-state index is 11.9. The van der Waals surface area contributed by atoms with Crippen LogP contribution in [-0.2, 0) is 9.53 Å². The summed E-state index contributed by atoms with van der Waals surface area (Å²) in [6.45, 7) is 3.21. The number of carbonyl (C=O) groups excluding carboxylic acids is 1. The first kappa shape index (κ1) is 14.4. The zero-order valence-electron chi connectivity index (χ0n) is 11.0. The molecule has 0 aliphatic heterocycles. The molecule has 3 N–H and O–H groups in total. The number of amides is 1. The highest BCUT2D eigenvalue weighted by Gasteiger charge is 2.42. The van der Waals surface area contributed by atoms with Crippen molar-refractivity contribution in [3.8, 4) is 0 Å². The summed E-state index contributed by atoms with van der Waals surface area (Å²) in [5.41, 5.74) is 5.38. The Morgan fingerprint density at radius 3 is 2.59 bits per heavy atom. The summed E-state index contributed by atoms with van der Waals surface area (Å²) >= 11 is 0. The fraction of sp³-hybridized carbons (Fsp3) is 0.917. The van der Waals surface area contributed by atoms with Gasteiger partial charge in [0, 0.05) is 19.6 Å². The lowest BCUT2D eigenvalue weighted by atomic mass is 9.68. The molecular formula is C12H25N3O2. The molecule has 1 amide bonds. The molecule has 0 atom stereocenters. The molecule has 0 unspecified atom stereocenters. The van der Waals surface area contributed by atoms with E-state index in [1.165, 1.54) is 0 Å². The van der Waals surface area contributed by atoms with Crippen LogP contribution in [0.5, 0.6) is 0 Å². The van der Waals surface area contributed by atoms with Gasteiger partial charge in [-0.2, -0.15) is 0 Å².